The second kappa shape index (κ2) is 3.63. The molecule has 0 unspecified atom stereocenters. The quantitative estimate of drug-likeness (QED) is 0.780. The van der Waals surface area contributed by atoms with Gasteiger partial charge in [-0.15, -0.1) is 0 Å². The van der Waals surface area contributed by atoms with Crippen molar-refractivity contribution in [3.8, 4) is 0 Å². The molecule has 3 heteroatoms. The van der Waals surface area contributed by atoms with E-state index in [1.54, 1.807) is 0 Å². The van der Waals surface area contributed by atoms with E-state index in [4.69, 9.17) is 0 Å². The van der Waals surface area contributed by atoms with Crippen LogP contribution in [-0.2, 0) is 4.79 Å². The molecule has 0 N–H and O–H groups in total. The minimum atomic E-state index is -0.371. The molecule has 15 heavy (non-hydrogen) atoms. The van der Waals surface area contributed by atoms with Crippen molar-refractivity contribution in [2.24, 2.45) is 0 Å². The Hall–Kier alpha value is -0.830. The minimum absolute atomic E-state index is 0.318. The zero-order chi connectivity index (χ0) is 11.1. The number of hydrogen-bond donors (Lipinski definition) is 0. The molecule has 0 aliphatic carbocycles. The van der Waals surface area contributed by atoms with Crippen LogP contribution in [0.2, 0.25) is 0 Å². The second-order valence-electron chi connectivity index (χ2n) is 4.34. The van der Waals surface area contributed by atoms with Crippen LogP contribution in [0.4, 0.5) is 5.69 Å². The summed E-state index contributed by atoms with van der Waals surface area (Å²) in [5, 5.41) is 0. The van der Waals surface area contributed by atoms with Crippen LogP contribution in [0.25, 0.3) is 0 Å². The number of benzene rings is 1. The molecule has 0 saturated carbocycles. The predicted molar refractivity (Wildman–Crippen MR) is 65.2 cm³/mol. The first-order chi connectivity index (χ1) is 7.03. The molecule has 1 aromatic rings. The van der Waals surface area contributed by atoms with Crippen LogP contribution in [-0.4, -0.2) is 17.9 Å². The summed E-state index contributed by atoms with van der Waals surface area (Å²) in [5.41, 5.74) is 0.734. The Labute approximate surface area is 98.4 Å². The topological polar surface area (TPSA) is 20.3 Å². The maximum atomic E-state index is 11.7. The molecule has 1 aliphatic rings. The second-order valence-corrected chi connectivity index (χ2v) is 5.19. The number of para-hydroxylation sites is 1. The molecule has 0 atom stereocenters. The zero-order valence-electron chi connectivity index (χ0n) is 8.96. The molecule has 80 valence electrons. The van der Waals surface area contributed by atoms with Crippen LogP contribution in [0, 0.1) is 0 Å². The van der Waals surface area contributed by atoms with E-state index in [9.17, 15) is 4.79 Å². The van der Waals surface area contributed by atoms with E-state index in [0.29, 0.717) is 12.2 Å². The van der Waals surface area contributed by atoms with Crippen LogP contribution in [0.15, 0.2) is 28.7 Å². The third-order valence-corrected chi connectivity index (χ3v) is 3.73. The van der Waals surface area contributed by atoms with Crippen LogP contribution in [0.1, 0.15) is 20.3 Å². The minimum Gasteiger partial charge on any atom is -0.358 e. The Bertz CT molecular complexity index is 400. The van der Waals surface area contributed by atoms with Gasteiger partial charge in [0.1, 0.15) is 0 Å². The molecule has 0 radical (unpaired) electrons. The maximum absolute atomic E-state index is 11.7. The molecular formula is C12H14BrNO. The summed E-state index contributed by atoms with van der Waals surface area (Å²) in [4.78, 5) is 13.9. The number of Topliss-reactive ketones (excluding diaryl/α,β-unsaturated/α-hetero) is 1. The highest BCUT2D eigenvalue weighted by Gasteiger charge is 2.40. The molecule has 2 rings (SSSR count). The molecule has 1 aromatic carbocycles. The fourth-order valence-corrected chi connectivity index (χ4v) is 2.54. The molecule has 1 saturated heterocycles. The Morgan fingerprint density at radius 3 is 2.53 bits per heavy atom. The summed E-state index contributed by atoms with van der Waals surface area (Å²) in [6.07, 6.45) is 0.647. The van der Waals surface area contributed by atoms with Gasteiger partial charge in [-0.3, -0.25) is 4.79 Å². The van der Waals surface area contributed by atoms with Crippen LogP contribution >= 0.6 is 15.9 Å². The highest BCUT2D eigenvalue weighted by molar-refractivity contribution is 9.10. The van der Waals surface area contributed by atoms with Crippen molar-refractivity contribution in [1.82, 2.24) is 0 Å². The first-order valence-corrected chi connectivity index (χ1v) is 5.88. The lowest BCUT2D eigenvalue weighted by atomic mass is 10.00. The van der Waals surface area contributed by atoms with Gasteiger partial charge in [0.25, 0.3) is 0 Å². The molecular weight excluding hydrogens is 254 g/mol. The average molecular weight is 268 g/mol. The van der Waals surface area contributed by atoms with Crippen molar-refractivity contribution in [2.45, 2.75) is 25.8 Å². The van der Waals surface area contributed by atoms with E-state index >= 15 is 0 Å². The van der Waals surface area contributed by atoms with Gasteiger partial charge in [-0.1, -0.05) is 12.1 Å². The molecule has 1 aliphatic heterocycles. The smallest absolute Gasteiger partial charge is 0.159 e. The Morgan fingerprint density at radius 1 is 1.33 bits per heavy atom. The standard InChI is InChI=1S/C12H14BrNO/c1-12(2)11(15)7-8-14(12)10-6-4-3-5-9(10)13/h3-6H,7-8H2,1-2H3. The van der Waals surface area contributed by atoms with Crippen LogP contribution in [0.3, 0.4) is 0 Å². The molecule has 2 nitrogen and oxygen atoms in total. The summed E-state index contributed by atoms with van der Waals surface area (Å²) in [6.45, 7) is 4.79. The number of ketones is 1. The molecule has 0 bridgehead atoms. The Kier molecular flexibility index (Phi) is 2.59. The van der Waals surface area contributed by atoms with Crippen molar-refractivity contribution >= 4 is 27.4 Å². The number of rotatable bonds is 1. The largest absolute Gasteiger partial charge is 0.358 e. The zero-order valence-corrected chi connectivity index (χ0v) is 10.5. The molecule has 1 heterocycles. The number of hydrogen-bond acceptors (Lipinski definition) is 2. The number of nitrogens with zero attached hydrogens (tertiary/aromatic N) is 1. The van der Waals surface area contributed by atoms with Gasteiger partial charge in [0, 0.05) is 17.4 Å². The van der Waals surface area contributed by atoms with E-state index < -0.39 is 0 Å². The Balaban J connectivity index is 2.41. The van der Waals surface area contributed by atoms with E-state index in [1.807, 2.05) is 38.1 Å². The lowest BCUT2D eigenvalue weighted by molar-refractivity contribution is -0.120. The molecule has 0 aromatic heterocycles. The lowest BCUT2D eigenvalue weighted by Crippen LogP contribution is -2.43. The van der Waals surface area contributed by atoms with Crippen molar-refractivity contribution in [3.05, 3.63) is 28.7 Å². The van der Waals surface area contributed by atoms with Crippen molar-refractivity contribution in [3.63, 3.8) is 0 Å². The summed E-state index contributed by atoms with van der Waals surface area (Å²) in [5.74, 6) is 0.318. The number of anilines is 1. The van der Waals surface area contributed by atoms with Gasteiger partial charge in [-0.2, -0.15) is 0 Å². The van der Waals surface area contributed by atoms with E-state index in [-0.39, 0.29) is 5.54 Å². The van der Waals surface area contributed by atoms with Crippen molar-refractivity contribution < 1.29 is 4.79 Å². The van der Waals surface area contributed by atoms with Gasteiger partial charge in [0.2, 0.25) is 0 Å². The predicted octanol–water partition coefficient (Wildman–Crippen LogP) is 3.01. The van der Waals surface area contributed by atoms with Gasteiger partial charge in [-0.25, -0.2) is 0 Å². The van der Waals surface area contributed by atoms with E-state index in [0.717, 1.165) is 16.7 Å². The highest BCUT2D eigenvalue weighted by Crippen LogP contribution is 2.35. The van der Waals surface area contributed by atoms with Crippen molar-refractivity contribution in [2.75, 3.05) is 11.4 Å². The summed E-state index contributed by atoms with van der Waals surface area (Å²) in [7, 11) is 0. The van der Waals surface area contributed by atoms with E-state index in [2.05, 4.69) is 20.8 Å². The first-order valence-electron chi connectivity index (χ1n) is 5.09. The normalized spacial score (nSPS) is 19.7. The van der Waals surface area contributed by atoms with Crippen LogP contribution < -0.4 is 4.90 Å². The number of carbonyl (C=O) groups is 1. The fraction of sp³-hybridized carbons (Fsp3) is 0.417. The molecule has 0 amide bonds. The van der Waals surface area contributed by atoms with Crippen LogP contribution in [0.5, 0.6) is 0 Å². The Morgan fingerprint density at radius 2 is 2.00 bits per heavy atom. The van der Waals surface area contributed by atoms with Crippen molar-refractivity contribution in [1.29, 1.82) is 0 Å². The lowest BCUT2D eigenvalue weighted by Gasteiger charge is -2.32. The fourth-order valence-electron chi connectivity index (χ4n) is 2.04. The van der Waals surface area contributed by atoms with Gasteiger partial charge < -0.3 is 4.90 Å². The summed E-state index contributed by atoms with van der Waals surface area (Å²) >= 11 is 3.52. The monoisotopic (exact) mass is 267 g/mol. The molecule has 0 spiro atoms. The van der Waals surface area contributed by atoms with Gasteiger partial charge in [0.15, 0.2) is 5.78 Å². The van der Waals surface area contributed by atoms with E-state index in [1.165, 1.54) is 0 Å². The maximum Gasteiger partial charge on any atom is 0.159 e. The molecule has 1 fully saturated rings. The van der Waals surface area contributed by atoms with Gasteiger partial charge in [-0.05, 0) is 41.9 Å². The SMILES string of the molecule is CC1(C)C(=O)CCN1c1ccccc1Br. The summed E-state index contributed by atoms with van der Waals surface area (Å²) < 4.78 is 1.05. The van der Waals surface area contributed by atoms with Gasteiger partial charge >= 0.3 is 0 Å². The third-order valence-electron chi connectivity index (χ3n) is 3.06. The average Bonchev–Trinajstić information content (AvgIpc) is 2.44. The summed E-state index contributed by atoms with van der Waals surface area (Å²) in [6, 6.07) is 8.04. The third kappa shape index (κ3) is 1.69. The first kappa shape index (κ1) is 10.7. The number of carbonyl (C=O) groups excluding carboxylic acids is 1. The van der Waals surface area contributed by atoms with Gasteiger partial charge in [0.05, 0.1) is 11.2 Å². The number of halogens is 1. The highest BCUT2D eigenvalue weighted by atomic mass is 79.9.